The van der Waals surface area contributed by atoms with Gasteiger partial charge in [0.05, 0.1) is 29.5 Å². The minimum absolute atomic E-state index is 0.222. The third kappa shape index (κ3) is 6.98. The molecule has 0 amide bonds. The first-order valence-corrected chi connectivity index (χ1v) is 15.7. The van der Waals surface area contributed by atoms with E-state index in [9.17, 15) is 26.7 Å². The van der Waals surface area contributed by atoms with Crippen molar-refractivity contribution in [1.29, 1.82) is 0 Å². The number of methoxy groups -OCH3 is 1. The monoisotopic (exact) mass is 659 g/mol. The van der Waals surface area contributed by atoms with Gasteiger partial charge in [0.2, 0.25) is 0 Å². The van der Waals surface area contributed by atoms with Crippen LogP contribution in [0, 0.1) is 19.7 Å². The Morgan fingerprint density at radius 3 is 2.26 bits per heavy atom. The molecule has 2 heterocycles. The lowest BCUT2D eigenvalue weighted by Crippen LogP contribution is -2.16. The van der Waals surface area contributed by atoms with E-state index >= 15 is 4.39 Å². The Hall–Kier alpha value is -4.53. The lowest BCUT2D eigenvalue weighted by atomic mass is 9.97. The number of benzene rings is 3. The quantitative estimate of drug-likeness (QED) is 0.167. The van der Waals surface area contributed by atoms with E-state index in [0.717, 1.165) is 30.1 Å². The molecule has 0 atom stereocenters. The highest BCUT2D eigenvalue weighted by Gasteiger charge is 2.31. The number of imidazole rings is 1. The van der Waals surface area contributed by atoms with Gasteiger partial charge in [0, 0.05) is 42.7 Å². The maximum Gasteiger partial charge on any atom is 0.573 e. The molecule has 242 valence electrons. The minimum Gasteiger partial charge on any atom is -0.440 e. The summed E-state index contributed by atoms with van der Waals surface area (Å²) in [4.78, 5) is 8.89. The Labute approximate surface area is 262 Å². The molecule has 0 fully saturated rings. The van der Waals surface area contributed by atoms with E-state index < -0.39 is 34.4 Å². The van der Waals surface area contributed by atoms with E-state index in [1.807, 2.05) is 11.5 Å². The Kier molecular flexibility index (Phi) is 9.07. The average molecular weight is 660 g/mol. The van der Waals surface area contributed by atoms with E-state index in [0.29, 0.717) is 33.9 Å². The van der Waals surface area contributed by atoms with E-state index in [-0.39, 0.29) is 40.7 Å². The molecule has 0 bridgehead atoms. The smallest absolute Gasteiger partial charge is 0.440 e. The molecule has 0 saturated carbocycles. The number of aryl methyl sites for hydroxylation is 2. The molecule has 5 aromatic rings. The Morgan fingerprint density at radius 2 is 1.67 bits per heavy atom. The molecule has 0 aliphatic heterocycles. The summed E-state index contributed by atoms with van der Waals surface area (Å²) >= 11 is 0. The fourth-order valence-corrected chi connectivity index (χ4v) is 6.04. The molecule has 1 N–H and O–H groups in total. The van der Waals surface area contributed by atoms with Crippen LogP contribution in [0.2, 0.25) is 0 Å². The molecule has 0 saturated heterocycles. The fourth-order valence-electron chi connectivity index (χ4n) is 5.09. The highest BCUT2D eigenvalue weighted by Crippen LogP contribution is 2.40. The van der Waals surface area contributed by atoms with Gasteiger partial charge in [-0.05, 0) is 73.5 Å². The van der Waals surface area contributed by atoms with Crippen LogP contribution in [0.25, 0.3) is 39.4 Å². The van der Waals surface area contributed by atoms with Gasteiger partial charge in [0.1, 0.15) is 23.1 Å². The van der Waals surface area contributed by atoms with Crippen molar-refractivity contribution in [2.45, 2.75) is 38.1 Å². The zero-order chi connectivity index (χ0) is 33.4. The van der Waals surface area contributed by atoms with Crippen LogP contribution in [0.5, 0.6) is 5.75 Å². The number of oxazole rings is 1. The van der Waals surface area contributed by atoms with Crippen molar-refractivity contribution in [3.63, 3.8) is 0 Å². The van der Waals surface area contributed by atoms with E-state index in [2.05, 4.69) is 9.72 Å². The maximum absolute atomic E-state index is 15.1. The van der Waals surface area contributed by atoms with Gasteiger partial charge in [-0.2, -0.15) is 0 Å². The number of hydrogen-bond acceptors (Lipinski definition) is 8. The van der Waals surface area contributed by atoms with Crippen molar-refractivity contribution < 1.29 is 45.0 Å². The van der Waals surface area contributed by atoms with Gasteiger partial charge in [-0.15, -0.1) is 13.2 Å². The summed E-state index contributed by atoms with van der Waals surface area (Å²) < 4.78 is 95.8. The van der Waals surface area contributed by atoms with Crippen LogP contribution < -0.4 is 4.74 Å². The highest BCUT2D eigenvalue weighted by atomic mass is 32.2. The van der Waals surface area contributed by atoms with Gasteiger partial charge in [0.25, 0.3) is 0 Å². The number of hydrogen-bond donors (Lipinski definition) is 1. The molecule has 46 heavy (non-hydrogen) atoms. The van der Waals surface area contributed by atoms with E-state index in [4.69, 9.17) is 14.1 Å². The third-order valence-corrected chi connectivity index (χ3v) is 8.26. The highest BCUT2D eigenvalue weighted by molar-refractivity contribution is 7.90. The topological polar surface area (TPSA) is 117 Å². The minimum atomic E-state index is -4.87. The standard InChI is InChI=1S/C32H29F4N3O6S/c1-18-16-39(19(2)37-18)27-10-7-21(22-14-26(33)25(17-40)28(15-22)46(4,41)42)13-24(27)30-31(44-29(38-30)11-12-43-3)20-5-8-23(9-6-20)45-32(34,35)36/h5-10,13-16,40H,11-12,17H2,1-4H3. The van der Waals surface area contributed by atoms with Crippen molar-refractivity contribution in [3.05, 3.63) is 89.6 Å². The van der Waals surface area contributed by atoms with Gasteiger partial charge >= 0.3 is 6.36 Å². The molecule has 0 spiro atoms. The number of rotatable bonds is 10. The number of halogens is 4. The van der Waals surface area contributed by atoms with Crippen LogP contribution in [0.15, 0.2) is 70.1 Å². The number of alkyl halides is 3. The molecule has 0 unspecified atom stereocenters. The number of aromatic nitrogens is 3. The van der Waals surface area contributed by atoms with Gasteiger partial charge in [0.15, 0.2) is 21.5 Å². The van der Waals surface area contributed by atoms with Gasteiger partial charge in [-0.25, -0.2) is 22.8 Å². The van der Waals surface area contributed by atoms with Gasteiger partial charge in [-0.1, -0.05) is 6.07 Å². The third-order valence-electron chi connectivity index (χ3n) is 7.10. The van der Waals surface area contributed by atoms with Crippen LogP contribution in [0.1, 0.15) is 23.0 Å². The van der Waals surface area contributed by atoms with Crippen LogP contribution in [0.4, 0.5) is 17.6 Å². The summed E-state index contributed by atoms with van der Waals surface area (Å²) in [5.74, 6) is -0.148. The molecule has 2 aromatic heterocycles. The fraction of sp³-hybridized carbons (Fsp3) is 0.250. The number of nitrogens with zero attached hydrogens (tertiary/aromatic N) is 3. The number of sulfone groups is 1. The molecular formula is C32H29F4N3O6S. The molecule has 0 aliphatic rings. The average Bonchev–Trinajstić information content (AvgIpc) is 3.56. The van der Waals surface area contributed by atoms with Gasteiger partial charge in [-0.3, -0.25) is 0 Å². The second-order valence-electron chi connectivity index (χ2n) is 10.5. The lowest BCUT2D eigenvalue weighted by Gasteiger charge is -2.15. The molecule has 5 rings (SSSR count). The first kappa shape index (κ1) is 32.9. The summed E-state index contributed by atoms with van der Waals surface area (Å²) in [5.41, 5.74) is 2.82. The second-order valence-corrected chi connectivity index (χ2v) is 12.5. The molecule has 14 heteroatoms. The number of aliphatic hydroxyl groups is 1. The van der Waals surface area contributed by atoms with E-state index in [1.165, 1.54) is 25.3 Å². The van der Waals surface area contributed by atoms with Crippen LogP contribution >= 0.6 is 0 Å². The van der Waals surface area contributed by atoms with Crippen LogP contribution in [-0.4, -0.2) is 54.4 Å². The number of aliphatic hydroxyl groups excluding tert-OH is 1. The summed E-state index contributed by atoms with van der Waals surface area (Å²) in [5, 5.41) is 9.68. The van der Waals surface area contributed by atoms with Crippen molar-refractivity contribution in [3.8, 4) is 45.1 Å². The van der Waals surface area contributed by atoms with E-state index in [1.54, 1.807) is 31.3 Å². The van der Waals surface area contributed by atoms with Gasteiger partial charge < -0.3 is 23.6 Å². The maximum atomic E-state index is 15.1. The SMILES string of the molecule is COCCc1nc(-c2cc(-c3cc(F)c(CO)c(S(C)(=O)=O)c3)ccc2-n2cc(C)nc2C)c(-c2ccc(OC(F)(F)F)cc2)o1. The Balaban J connectivity index is 1.76. The Morgan fingerprint density at radius 1 is 0.978 bits per heavy atom. The molecule has 9 nitrogen and oxygen atoms in total. The molecule has 0 aliphatic carbocycles. The normalized spacial score (nSPS) is 12.1. The summed E-state index contributed by atoms with van der Waals surface area (Å²) in [6.07, 6.45) is -1.85. The summed E-state index contributed by atoms with van der Waals surface area (Å²) in [6.45, 7) is 3.09. The van der Waals surface area contributed by atoms with Crippen molar-refractivity contribution in [2.75, 3.05) is 20.0 Å². The molecular weight excluding hydrogens is 630 g/mol. The summed E-state index contributed by atoms with van der Waals surface area (Å²) in [6, 6.07) is 12.7. The lowest BCUT2D eigenvalue weighted by molar-refractivity contribution is -0.274. The van der Waals surface area contributed by atoms with Crippen molar-refractivity contribution in [1.82, 2.24) is 14.5 Å². The van der Waals surface area contributed by atoms with Crippen LogP contribution in [-0.2, 0) is 27.6 Å². The largest absolute Gasteiger partial charge is 0.573 e. The predicted molar refractivity (Wildman–Crippen MR) is 161 cm³/mol. The van der Waals surface area contributed by atoms with Crippen molar-refractivity contribution >= 4 is 9.84 Å². The number of ether oxygens (including phenoxy) is 2. The van der Waals surface area contributed by atoms with Crippen LogP contribution in [0.3, 0.4) is 0 Å². The zero-order valence-electron chi connectivity index (χ0n) is 25.1. The molecule has 0 radical (unpaired) electrons. The molecule has 3 aromatic carbocycles. The predicted octanol–water partition coefficient (Wildman–Crippen LogP) is 6.60. The van der Waals surface area contributed by atoms with Crippen molar-refractivity contribution in [2.24, 2.45) is 0 Å². The second kappa shape index (κ2) is 12.7. The first-order valence-electron chi connectivity index (χ1n) is 13.8. The first-order chi connectivity index (χ1) is 21.7. The summed E-state index contributed by atoms with van der Waals surface area (Å²) in [7, 11) is -2.39. The Bertz CT molecular complexity index is 2000. The zero-order valence-corrected chi connectivity index (χ0v) is 26.0.